The Balaban J connectivity index is 1.51. The van der Waals surface area contributed by atoms with Crippen LogP contribution in [0.25, 0.3) is 9.41 Å². The summed E-state index contributed by atoms with van der Waals surface area (Å²) in [6, 6.07) is 7.15. The topological polar surface area (TPSA) is 12.0 Å². The Morgan fingerprint density at radius 2 is 2.09 bits per heavy atom. The Morgan fingerprint density at radius 3 is 2.86 bits per heavy atom. The van der Waals surface area contributed by atoms with E-state index in [0.717, 1.165) is 11.8 Å². The summed E-state index contributed by atoms with van der Waals surface area (Å²) in [6.45, 7) is 0. The number of allylic oxidation sites excluding steroid dienone is 1. The predicted molar refractivity (Wildman–Crippen MR) is 98.4 cm³/mol. The molecular formula is C19H22InNS. The van der Waals surface area contributed by atoms with Crippen molar-refractivity contribution in [2.75, 3.05) is 11.6 Å². The molecule has 2 fully saturated rings. The van der Waals surface area contributed by atoms with E-state index in [0.29, 0.717) is 0 Å². The molecule has 4 aliphatic rings. The van der Waals surface area contributed by atoms with Crippen LogP contribution in [0.4, 0.5) is 0 Å². The molecule has 0 spiro atoms. The third kappa shape index (κ3) is 2.15. The van der Waals surface area contributed by atoms with Crippen molar-refractivity contribution in [3.8, 4) is 0 Å². The van der Waals surface area contributed by atoms with E-state index in [4.69, 9.17) is 0 Å². The van der Waals surface area contributed by atoms with Gasteiger partial charge in [-0.2, -0.15) is 0 Å². The molecule has 1 nitrogen and oxygen atoms in total. The molecule has 1 saturated carbocycles. The van der Waals surface area contributed by atoms with E-state index in [1.54, 1.807) is 20.1 Å². The van der Waals surface area contributed by atoms with Crippen LogP contribution in [0.2, 0.25) is 0 Å². The van der Waals surface area contributed by atoms with E-state index in [1.165, 1.54) is 44.3 Å². The van der Waals surface area contributed by atoms with Crippen LogP contribution < -0.4 is 8.64 Å². The Bertz CT molecular complexity index is 677. The average Bonchev–Trinajstić information content (AvgIpc) is 3.22. The van der Waals surface area contributed by atoms with E-state index >= 15 is 0 Å². The molecule has 112 valence electrons. The molecule has 3 aliphatic heterocycles. The number of thioether (sulfide) groups is 1. The summed E-state index contributed by atoms with van der Waals surface area (Å²) in [5, 5.41) is 3.69. The van der Waals surface area contributed by atoms with Crippen molar-refractivity contribution in [2.24, 2.45) is 5.92 Å². The number of benzene rings is 1. The Hall–Kier alpha value is -0.280. The molecule has 0 atom stereocenters. The maximum atomic E-state index is 3.69. The summed E-state index contributed by atoms with van der Waals surface area (Å²) in [6.07, 6.45) is 11.5. The van der Waals surface area contributed by atoms with Gasteiger partial charge in [-0.25, -0.2) is 0 Å². The molecule has 4 bridgehead atoms. The molecule has 3 heteroatoms. The first-order valence-electron chi connectivity index (χ1n) is 8.80. The molecule has 1 aromatic rings. The molecule has 3 heterocycles. The minimum atomic E-state index is -1.90. The molecular weight excluding hydrogens is 389 g/mol. The van der Waals surface area contributed by atoms with Crippen molar-refractivity contribution < 1.29 is 0 Å². The third-order valence-corrected chi connectivity index (χ3v) is 16.8. The summed E-state index contributed by atoms with van der Waals surface area (Å²) in [7, 11) is 0. The second kappa shape index (κ2) is 5.66. The first-order chi connectivity index (χ1) is 10.9. The molecule has 0 aromatic heterocycles. The van der Waals surface area contributed by atoms with Gasteiger partial charge in [0, 0.05) is 0 Å². The maximum absolute atomic E-state index is 3.69. The SMILES string of the molecule is C1=[C](CC2CCCCC2)[In]2/[C](=C3/CSCN3)c3ccc[c]2c31. The first kappa shape index (κ1) is 14.1. The molecule has 0 unspecified atom stereocenters. The van der Waals surface area contributed by atoms with E-state index in [-0.39, 0.29) is 0 Å². The van der Waals surface area contributed by atoms with Crippen LogP contribution >= 0.6 is 11.8 Å². The fourth-order valence-corrected chi connectivity index (χ4v) is 17.5. The van der Waals surface area contributed by atoms with Gasteiger partial charge in [0.15, 0.2) is 0 Å². The monoisotopic (exact) mass is 411 g/mol. The van der Waals surface area contributed by atoms with Gasteiger partial charge >= 0.3 is 146 Å². The van der Waals surface area contributed by atoms with Crippen molar-refractivity contribution in [1.82, 2.24) is 5.32 Å². The quantitative estimate of drug-likeness (QED) is 0.794. The van der Waals surface area contributed by atoms with Crippen molar-refractivity contribution in [3.63, 3.8) is 0 Å². The van der Waals surface area contributed by atoms with Crippen molar-refractivity contribution in [3.05, 3.63) is 38.4 Å². The average molecular weight is 411 g/mol. The van der Waals surface area contributed by atoms with Gasteiger partial charge in [0.2, 0.25) is 0 Å². The van der Waals surface area contributed by atoms with Crippen molar-refractivity contribution in [2.45, 2.75) is 38.5 Å². The third-order valence-electron chi connectivity index (χ3n) is 5.94. The molecule has 0 radical (unpaired) electrons. The van der Waals surface area contributed by atoms with Crippen LogP contribution in [-0.2, 0) is 0 Å². The Kier molecular flexibility index (Phi) is 3.63. The molecule has 5 rings (SSSR count). The van der Waals surface area contributed by atoms with Gasteiger partial charge in [0.05, 0.1) is 0 Å². The summed E-state index contributed by atoms with van der Waals surface area (Å²) >= 11 is 0.142. The Labute approximate surface area is 145 Å². The molecule has 0 amide bonds. The zero-order valence-corrected chi connectivity index (χ0v) is 17.1. The number of hydrogen-bond acceptors (Lipinski definition) is 2. The number of hydrogen-bond donors (Lipinski definition) is 1. The Morgan fingerprint density at radius 1 is 1.18 bits per heavy atom. The minimum absolute atomic E-state index is 0.993. The van der Waals surface area contributed by atoms with Crippen molar-refractivity contribution >= 4 is 45.9 Å². The van der Waals surface area contributed by atoms with Crippen LogP contribution in [0.15, 0.2) is 27.2 Å². The normalized spacial score (nSPS) is 26.5. The van der Waals surface area contributed by atoms with Gasteiger partial charge in [-0.15, -0.1) is 0 Å². The van der Waals surface area contributed by atoms with Gasteiger partial charge in [-0.05, 0) is 0 Å². The first-order valence-corrected chi connectivity index (χ1v) is 14.9. The van der Waals surface area contributed by atoms with E-state index in [2.05, 4.69) is 29.6 Å². The zero-order valence-electron chi connectivity index (χ0n) is 13.0. The summed E-state index contributed by atoms with van der Waals surface area (Å²) in [4.78, 5) is 0. The molecule has 1 aromatic carbocycles. The molecule has 1 saturated heterocycles. The van der Waals surface area contributed by atoms with Crippen LogP contribution in [0.3, 0.4) is 0 Å². The molecule has 1 N–H and O–H groups in total. The fourth-order valence-electron chi connectivity index (χ4n) is 4.95. The van der Waals surface area contributed by atoms with E-state index in [9.17, 15) is 0 Å². The molecule has 1 aliphatic carbocycles. The van der Waals surface area contributed by atoms with Gasteiger partial charge < -0.3 is 0 Å². The van der Waals surface area contributed by atoms with Crippen molar-refractivity contribution in [1.29, 1.82) is 0 Å². The molecule has 22 heavy (non-hydrogen) atoms. The summed E-state index contributed by atoms with van der Waals surface area (Å²) < 4.78 is 5.55. The van der Waals surface area contributed by atoms with Gasteiger partial charge in [0.25, 0.3) is 0 Å². The number of rotatable bonds is 2. The summed E-state index contributed by atoms with van der Waals surface area (Å²) in [5.74, 6) is 3.33. The van der Waals surface area contributed by atoms with Gasteiger partial charge in [0.1, 0.15) is 0 Å². The number of nitrogens with one attached hydrogen (secondary N) is 1. The van der Waals surface area contributed by atoms with E-state index in [1.807, 2.05) is 18.4 Å². The summed E-state index contributed by atoms with van der Waals surface area (Å²) in [5.41, 5.74) is 4.84. The second-order valence-electron chi connectivity index (χ2n) is 7.23. The van der Waals surface area contributed by atoms with E-state index < -0.39 is 21.4 Å². The second-order valence-corrected chi connectivity index (χ2v) is 16.2. The van der Waals surface area contributed by atoms with Crippen LogP contribution in [-0.4, -0.2) is 33.1 Å². The van der Waals surface area contributed by atoms with Gasteiger partial charge in [-0.1, -0.05) is 0 Å². The standard InChI is InChI=1S/C19H22NS.In/c1-2-7-16(8-3-1)9-6-12-17-10-4-5-11-18(17)13-19-14-21-15-20-19;/h4-5,11-12,16,20H,1-3,7-9,14-15H2;. The predicted octanol–water partition coefficient (Wildman–Crippen LogP) is 3.85. The zero-order chi connectivity index (χ0) is 14.5. The fraction of sp³-hybridized carbons (Fsp3) is 0.474. The van der Waals surface area contributed by atoms with Gasteiger partial charge in [-0.3, -0.25) is 0 Å². The van der Waals surface area contributed by atoms with Crippen LogP contribution in [0.1, 0.15) is 49.7 Å². The van der Waals surface area contributed by atoms with Crippen LogP contribution in [0.5, 0.6) is 0 Å². The van der Waals surface area contributed by atoms with Crippen LogP contribution in [0, 0.1) is 5.92 Å².